The number of halogens is 3. The largest absolute Gasteiger partial charge is 0.493 e. The van der Waals surface area contributed by atoms with Crippen LogP contribution in [0.25, 0.3) is 21.9 Å². The Morgan fingerprint density at radius 3 is 2.43 bits per heavy atom. The summed E-state index contributed by atoms with van der Waals surface area (Å²) < 4.78 is 50.5. The van der Waals surface area contributed by atoms with E-state index in [1.165, 1.54) is 38.7 Å². The maximum absolute atomic E-state index is 13.3. The average molecular weight is 388 g/mol. The van der Waals surface area contributed by atoms with Gasteiger partial charge in [0.05, 0.1) is 31.0 Å². The van der Waals surface area contributed by atoms with Crippen LogP contribution in [0.2, 0.25) is 0 Å². The van der Waals surface area contributed by atoms with E-state index in [1.807, 2.05) is 0 Å². The average Bonchev–Trinajstić information content (AvgIpc) is 3.05. The van der Waals surface area contributed by atoms with Crippen LogP contribution in [0, 0.1) is 0 Å². The number of rotatable bonds is 4. The Kier molecular flexibility index (Phi) is 4.21. The van der Waals surface area contributed by atoms with Gasteiger partial charge in [-0.1, -0.05) is 12.1 Å². The summed E-state index contributed by atoms with van der Waals surface area (Å²) in [5.74, 6) is 1.27. The van der Waals surface area contributed by atoms with Gasteiger partial charge in [-0.3, -0.25) is 0 Å². The Labute approximate surface area is 157 Å². The Morgan fingerprint density at radius 2 is 1.71 bits per heavy atom. The number of hydrogen-bond donors (Lipinski definition) is 2. The number of methoxy groups -OCH3 is 2. The first-order valence-corrected chi connectivity index (χ1v) is 8.24. The number of ether oxygens (including phenoxy) is 2. The molecule has 0 aliphatic heterocycles. The molecule has 0 saturated carbocycles. The van der Waals surface area contributed by atoms with Crippen molar-refractivity contribution in [3.8, 4) is 11.5 Å². The lowest BCUT2D eigenvalue weighted by atomic mass is 10.1. The van der Waals surface area contributed by atoms with Crippen LogP contribution in [0.4, 0.5) is 24.7 Å². The number of nitrogens with one attached hydrogen (secondary N) is 2. The molecule has 0 aliphatic rings. The zero-order chi connectivity index (χ0) is 19.9. The highest BCUT2D eigenvalue weighted by Crippen LogP contribution is 2.39. The Hall–Kier alpha value is -3.49. The fourth-order valence-electron chi connectivity index (χ4n) is 3.08. The third-order valence-corrected chi connectivity index (χ3v) is 4.37. The minimum absolute atomic E-state index is 0.0937. The lowest BCUT2D eigenvalue weighted by molar-refractivity contribution is -0.136. The van der Waals surface area contributed by atoms with Gasteiger partial charge in [0, 0.05) is 11.5 Å². The summed E-state index contributed by atoms with van der Waals surface area (Å²) in [6.07, 6.45) is -3.19. The molecule has 2 N–H and O–H groups in total. The van der Waals surface area contributed by atoms with E-state index in [0.29, 0.717) is 28.0 Å². The zero-order valence-corrected chi connectivity index (χ0v) is 14.9. The minimum Gasteiger partial charge on any atom is -0.493 e. The molecule has 9 heteroatoms. The zero-order valence-electron chi connectivity index (χ0n) is 14.9. The first kappa shape index (κ1) is 17.9. The lowest BCUT2D eigenvalue weighted by Crippen LogP contribution is -2.09. The van der Waals surface area contributed by atoms with Crippen molar-refractivity contribution in [2.24, 2.45) is 0 Å². The van der Waals surface area contributed by atoms with Gasteiger partial charge in [0.1, 0.15) is 17.4 Å². The Bertz CT molecular complexity index is 1170. The van der Waals surface area contributed by atoms with E-state index < -0.39 is 11.7 Å². The van der Waals surface area contributed by atoms with E-state index in [2.05, 4.69) is 20.3 Å². The molecule has 2 aromatic heterocycles. The predicted molar refractivity (Wildman–Crippen MR) is 99.2 cm³/mol. The summed E-state index contributed by atoms with van der Waals surface area (Å²) in [5.41, 5.74) is 0.855. The van der Waals surface area contributed by atoms with Crippen LogP contribution in [0.1, 0.15) is 5.56 Å². The highest BCUT2D eigenvalue weighted by atomic mass is 19.4. The van der Waals surface area contributed by atoms with Crippen molar-refractivity contribution in [1.82, 2.24) is 15.0 Å². The second kappa shape index (κ2) is 6.59. The third kappa shape index (κ3) is 2.94. The second-order valence-corrected chi connectivity index (χ2v) is 5.99. The molecule has 2 heterocycles. The highest BCUT2D eigenvalue weighted by Gasteiger charge is 2.33. The maximum atomic E-state index is 13.3. The molecule has 4 rings (SSSR count). The summed E-state index contributed by atoms with van der Waals surface area (Å²) in [7, 11) is 3.04. The molecule has 0 unspecified atom stereocenters. The third-order valence-electron chi connectivity index (χ3n) is 4.37. The number of alkyl halides is 3. The van der Waals surface area contributed by atoms with Gasteiger partial charge in [0.15, 0.2) is 17.3 Å². The van der Waals surface area contributed by atoms with E-state index in [1.54, 1.807) is 12.1 Å². The summed E-state index contributed by atoms with van der Waals surface area (Å²) >= 11 is 0. The van der Waals surface area contributed by atoms with Crippen LogP contribution in [-0.4, -0.2) is 29.2 Å². The predicted octanol–water partition coefficient (Wildman–Crippen LogP) is 4.89. The SMILES string of the molecule is COc1cc2[nH]c3c(Nc4ccccc4C(F)(F)F)ncnc3c2cc1OC. The molecule has 144 valence electrons. The highest BCUT2D eigenvalue weighted by molar-refractivity contribution is 6.09. The Morgan fingerprint density at radius 1 is 1.00 bits per heavy atom. The van der Waals surface area contributed by atoms with Crippen molar-refractivity contribution >= 4 is 33.4 Å². The molecule has 0 fully saturated rings. The van der Waals surface area contributed by atoms with E-state index in [4.69, 9.17) is 9.47 Å². The molecule has 28 heavy (non-hydrogen) atoms. The normalized spacial score (nSPS) is 11.8. The number of fused-ring (bicyclic) bond motifs is 3. The minimum atomic E-state index is -4.49. The van der Waals surface area contributed by atoms with Gasteiger partial charge in [-0.05, 0) is 18.2 Å². The molecule has 0 amide bonds. The molecule has 0 aliphatic carbocycles. The first-order chi connectivity index (χ1) is 13.4. The number of hydrogen-bond acceptors (Lipinski definition) is 5. The van der Waals surface area contributed by atoms with Crippen molar-refractivity contribution in [2.45, 2.75) is 6.18 Å². The molecule has 0 radical (unpaired) electrons. The van der Waals surface area contributed by atoms with E-state index in [0.717, 1.165) is 11.5 Å². The van der Waals surface area contributed by atoms with Gasteiger partial charge in [0.2, 0.25) is 0 Å². The van der Waals surface area contributed by atoms with Crippen LogP contribution in [0.3, 0.4) is 0 Å². The Balaban J connectivity index is 1.88. The topological polar surface area (TPSA) is 72.1 Å². The number of benzene rings is 2. The maximum Gasteiger partial charge on any atom is 0.418 e. The molecule has 4 aromatic rings. The number of aromatic amines is 1. The number of nitrogens with zero attached hydrogens (tertiary/aromatic N) is 2. The summed E-state index contributed by atoms with van der Waals surface area (Å²) in [6, 6.07) is 8.73. The molecule has 0 atom stereocenters. The van der Waals surface area contributed by atoms with Crippen LogP contribution < -0.4 is 14.8 Å². The van der Waals surface area contributed by atoms with Crippen LogP contribution in [0.15, 0.2) is 42.7 Å². The van der Waals surface area contributed by atoms with Gasteiger partial charge < -0.3 is 19.8 Å². The summed E-state index contributed by atoms with van der Waals surface area (Å²) in [5, 5.41) is 3.51. The van der Waals surface area contributed by atoms with Gasteiger partial charge in [-0.15, -0.1) is 0 Å². The van der Waals surface area contributed by atoms with Crippen molar-refractivity contribution < 1.29 is 22.6 Å². The van der Waals surface area contributed by atoms with Gasteiger partial charge in [0.25, 0.3) is 0 Å². The second-order valence-electron chi connectivity index (χ2n) is 5.99. The first-order valence-electron chi connectivity index (χ1n) is 8.24. The summed E-state index contributed by atoms with van der Waals surface area (Å²) in [6.45, 7) is 0. The molecule has 0 bridgehead atoms. The van der Waals surface area contributed by atoms with Gasteiger partial charge in [-0.25, -0.2) is 9.97 Å². The quantitative estimate of drug-likeness (QED) is 0.521. The number of para-hydroxylation sites is 1. The van der Waals surface area contributed by atoms with E-state index in [9.17, 15) is 13.2 Å². The van der Waals surface area contributed by atoms with Crippen molar-refractivity contribution in [3.63, 3.8) is 0 Å². The van der Waals surface area contributed by atoms with E-state index in [-0.39, 0.29) is 11.5 Å². The number of aromatic nitrogens is 3. The van der Waals surface area contributed by atoms with Crippen LogP contribution in [0.5, 0.6) is 11.5 Å². The van der Waals surface area contributed by atoms with Crippen molar-refractivity contribution in [2.75, 3.05) is 19.5 Å². The molecular weight excluding hydrogens is 373 g/mol. The number of H-pyrrole nitrogens is 1. The fraction of sp³-hybridized carbons (Fsp3) is 0.158. The molecular formula is C19H15F3N4O2. The monoisotopic (exact) mass is 388 g/mol. The summed E-state index contributed by atoms with van der Waals surface area (Å²) in [4.78, 5) is 11.5. The van der Waals surface area contributed by atoms with Crippen LogP contribution >= 0.6 is 0 Å². The number of anilines is 2. The van der Waals surface area contributed by atoms with Crippen molar-refractivity contribution in [1.29, 1.82) is 0 Å². The standard InChI is InChI=1S/C19H15F3N4O2/c1-27-14-7-10-13(8-15(14)28-2)25-17-16(10)23-9-24-18(17)26-12-6-4-3-5-11(12)19(20,21)22/h3-9,25H,1-2H3,(H,23,24,26). The lowest BCUT2D eigenvalue weighted by Gasteiger charge is -2.14. The van der Waals surface area contributed by atoms with Crippen molar-refractivity contribution in [3.05, 3.63) is 48.3 Å². The molecule has 6 nitrogen and oxygen atoms in total. The molecule has 0 spiro atoms. The van der Waals surface area contributed by atoms with E-state index >= 15 is 0 Å². The smallest absolute Gasteiger partial charge is 0.418 e. The van der Waals surface area contributed by atoms with Gasteiger partial charge >= 0.3 is 6.18 Å². The van der Waals surface area contributed by atoms with Crippen LogP contribution in [-0.2, 0) is 6.18 Å². The fourth-order valence-corrected chi connectivity index (χ4v) is 3.08. The molecule has 0 saturated heterocycles. The molecule has 2 aromatic carbocycles. The van der Waals surface area contributed by atoms with Gasteiger partial charge in [-0.2, -0.15) is 13.2 Å².